The van der Waals surface area contributed by atoms with Gasteiger partial charge < -0.3 is 14.3 Å². The molecule has 1 aliphatic heterocycles. The average Bonchev–Trinajstić information content (AvgIpc) is 2.41. The van der Waals surface area contributed by atoms with Gasteiger partial charge in [0.25, 0.3) is 5.56 Å². The van der Waals surface area contributed by atoms with Gasteiger partial charge in [-0.2, -0.15) is 0 Å². The second-order valence-corrected chi connectivity index (χ2v) is 3.98. The molecule has 0 radical (unpaired) electrons. The summed E-state index contributed by atoms with van der Waals surface area (Å²) in [6.07, 6.45) is 0.698. The van der Waals surface area contributed by atoms with E-state index in [-0.39, 0.29) is 12.1 Å². The standard InChI is InChI=1S/C13H11NO4/c15-6-5-14-11(16)4-2-9-1-3-10-13(12(9)14)18-8-7-17-10/h1-4,6H,5,7-8H2. The number of pyridine rings is 1. The van der Waals surface area contributed by atoms with Gasteiger partial charge in [-0.25, -0.2) is 0 Å². The third-order valence-electron chi connectivity index (χ3n) is 2.91. The van der Waals surface area contributed by atoms with Crippen LogP contribution in [0.25, 0.3) is 10.9 Å². The van der Waals surface area contributed by atoms with Crippen molar-refractivity contribution >= 4 is 17.2 Å². The van der Waals surface area contributed by atoms with Gasteiger partial charge >= 0.3 is 0 Å². The second-order valence-electron chi connectivity index (χ2n) is 3.98. The molecule has 0 aliphatic carbocycles. The molecule has 0 fully saturated rings. The van der Waals surface area contributed by atoms with Crippen molar-refractivity contribution in [3.63, 3.8) is 0 Å². The Morgan fingerprint density at radius 2 is 1.94 bits per heavy atom. The van der Waals surface area contributed by atoms with E-state index in [1.807, 2.05) is 12.1 Å². The summed E-state index contributed by atoms with van der Waals surface area (Å²) in [4.78, 5) is 22.5. The molecule has 0 amide bonds. The van der Waals surface area contributed by atoms with Gasteiger partial charge in [0.1, 0.15) is 19.5 Å². The van der Waals surface area contributed by atoms with Gasteiger partial charge in [-0.3, -0.25) is 9.36 Å². The van der Waals surface area contributed by atoms with E-state index in [1.165, 1.54) is 10.6 Å². The van der Waals surface area contributed by atoms with E-state index in [1.54, 1.807) is 6.07 Å². The van der Waals surface area contributed by atoms with Crippen molar-refractivity contribution in [3.8, 4) is 11.5 Å². The van der Waals surface area contributed by atoms with Gasteiger partial charge in [-0.05, 0) is 18.2 Å². The highest BCUT2D eigenvalue weighted by Gasteiger charge is 2.17. The molecule has 0 saturated heterocycles. The SMILES string of the molecule is O=CCn1c(=O)ccc2ccc3c(c21)OCCO3. The summed E-state index contributed by atoms with van der Waals surface area (Å²) >= 11 is 0. The van der Waals surface area contributed by atoms with Crippen molar-refractivity contribution < 1.29 is 14.3 Å². The Morgan fingerprint density at radius 3 is 2.78 bits per heavy atom. The van der Waals surface area contributed by atoms with Crippen molar-refractivity contribution in [3.05, 3.63) is 34.6 Å². The van der Waals surface area contributed by atoms with Crippen molar-refractivity contribution in [2.75, 3.05) is 13.2 Å². The zero-order valence-corrected chi connectivity index (χ0v) is 9.59. The minimum atomic E-state index is -0.225. The number of nitrogens with zero attached hydrogens (tertiary/aromatic N) is 1. The maximum Gasteiger partial charge on any atom is 0.251 e. The number of hydrogen-bond donors (Lipinski definition) is 0. The van der Waals surface area contributed by atoms with E-state index in [9.17, 15) is 9.59 Å². The molecule has 0 spiro atoms. The van der Waals surface area contributed by atoms with Crippen molar-refractivity contribution in [1.82, 2.24) is 4.57 Å². The number of aldehydes is 1. The molecule has 1 aliphatic rings. The molecule has 1 aromatic carbocycles. The zero-order chi connectivity index (χ0) is 12.5. The lowest BCUT2D eigenvalue weighted by molar-refractivity contribution is -0.108. The monoisotopic (exact) mass is 245 g/mol. The molecule has 3 rings (SSSR count). The van der Waals surface area contributed by atoms with Gasteiger partial charge in [0.15, 0.2) is 11.5 Å². The van der Waals surface area contributed by atoms with Crippen LogP contribution < -0.4 is 15.0 Å². The molecule has 0 N–H and O–H groups in total. The first-order valence-corrected chi connectivity index (χ1v) is 5.67. The largest absolute Gasteiger partial charge is 0.486 e. The number of ether oxygens (including phenoxy) is 2. The number of rotatable bonds is 2. The number of aromatic nitrogens is 1. The molecule has 1 aromatic heterocycles. The summed E-state index contributed by atoms with van der Waals surface area (Å²) in [5.41, 5.74) is 0.393. The molecule has 18 heavy (non-hydrogen) atoms. The number of carbonyl (C=O) groups excluding carboxylic acids is 1. The summed E-state index contributed by atoms with van der Waals surface area (Å²) in [5.74, 6) is 1.15. The van der Waals surface area contributed by atoms with Crippen molar-refractivity contribution in [2.45, 2.75) is 6.54 Å². The van der Waals surface area contributed by atoms with E-state index in [2.05, 4.69) is 0 Å². The number of benzene rings is 1. The fourth-order valence-electron chi connectivity index (χ4n) is 2.15. The first-order chi connectivity index (χ1) is 8.81. The third kappa shape index (κ3) is 1.55. The van der Waals surface area contributed by atoms with Gasteiger partial charge in [-0.1, -0.05) is 0 Å². The van der Waals surface area contributed by atoms with Crippen LogP contribution in [0.3, 0.4) is 0 Å². The Bertz CT molecular complexity index is 674. The Morgan fingerprint density at radius 1 is 1.17 bits per heavy atom. The van der Waals surface area contributed by atoms with Crippen LogP contribution in [0.5, 0.6) is 11.5 Å². The quantitative estimate of drug-likeness (QED) is 0.740. The first-order valence-electron chi connectivity index (χ1n) is 5.67. The van der Waals surface area contributed by atoms with Crippen LogP contribution in [0.2, 0.25) is 0 Å². The highest BCUT2D eigenvalue weighted by atomic mass is 16.6. The molecule has 0 bridgehead atoms. The first kappa shape index (κ1) is 10.8. The predicted octanol–water partition coefficient (Wildman–Crippen LogP) is 0.972. The normalized spacial score (nSPS) is 13.6. The summed E-state index contributed by atoms with van der Waals surface area (Å²) in [5, 5.41) is 0.848. The Labute approximate surface area is 103 Å². The minimum Gasteiger partial charge on any atom is -0.486 e. The van der Waals surface area contributed by atoms with Crippen LogP contribution in [0.1, 0.15) is 0 Å². The van der Waals surface area contributed by atoms with Gasteiger partial charge in [0.2, 0.25) is 0 Å². The number of fused-ring (bicyclic) bond motifs is 3. The van der Waals surface area contributed by atoms with Crippen molar-refractivity contribution in [1.29, 1.82) is 0 Å². The molecule has 0 saturated carbocycles. The Hall–Kier alpha value is -2.30. The van der Waals surface area contributed by atoms with Gasteiger partial charge in [0.05, 0.1) is 12.1 Å². The molecule has 5 nitrogen and oxygen atoms in total. The van der Waals surface area contributed by atoms with E-state index in [0.29, 0.717) is 36.5 Å². The minimum absolute atomic E-state index is 0.00991. The molecule has 5 heteroatoms. The highest BCUT2D eigenvalue weighted by molar-refractivity contribution is 5.88. The Kier molecular flexibility index (Phi) is 2.51. The predicted molar refractivity (Wildman–Crippen MR) is 65.3 cm³/mol. The average molecular weight is 245 g/mol. The lowest BCUT2D eigenvalue weighted by Crippen LogP contribution is -2.22. The van der Waals surface area contributed by atoms with Crippen LogP contribution in [0, 0.1) is 0 Å². The van der Waals surface area contributed by atoms with E-state index in [0.717, 1.165) is 5.39 Å². The second kappa shape index (κ2) is 4.18. The number of hydrogen-bond acceptors (Lipinski definition) is 4. The third-order valence-corrected chi connectivity index (χ3v) is 2.91. The fraction of sp³-hybridized carbons (Fsp3) is 0.231. The molecule has 0 atom stereocenters. The van der Waals surface area contributed by atoms with Crippen LogP contribution in [0.15, 0.2) is 29.1 Å². The van der Waals surface area contributed by atoms with Crippen molar-refractivity contribution in [2.24, 2.45) is 0 Å². The van der Waals surface area contributed by atoms with E-state index >= 15 is 0 Å². The van der Waals surface area contributed by atoms with Gasteiger partial charge in [-0.15, -0.1) is 0 Å². The van der Waals surface area contributed by atoms with Crippen LogP contribution in [-0.4, -0.2) is 24.1 Å². The maximum absolute atomic E-state index is 11.8. The van der Waals surface area contributed by atoms with Crippen LogP contribution in [-0.2, 0) is 11.3 Å². The topological polar surface area (TPSA) is 57.5 Å². The smallest absolute Gasteiger partial charge is 0.251 e. The van der Waals surface area contributed by atoms with Crippen LogP contribution in [0.4, 0.5) is 0 Å². The van der Waals surface area contributed by atoms with E-state index in [4.69, 9.17) is 9.47 Å². The summed E-state index contributed by atoms with van der Waals surface area (Å²) in [6.45, 7) is 0.940. The Balaban J connectivity index is 2.39. The molecule has 2 heterocycles. The lowest BCUT2D eigenvalue weighted by atomic mass is 10.1. The fourth-order valence-corrected chi connectivity index (χ4v) is 2.15. The summed E-state index contributed by atoms with van der Waals surface area (Å²) in [6, 6.07) is 6.83. The van der Waals surface area contributed by atoms with Gasteiger partial charge in [0, 0.05) is 11.5 Å². The number of carbonyl (C=O) groups is 1. The zero-order valence-electron chi connectivity index (χ0n) is 9.59. The summed E-state index contributed by atoms with van der Waals surface area (Å²) in [7, 11) is 0. The molecular formula is C13H11NO4. The van der Waals surface area contributed by atoms with Crippen LogP contribution >= 0.6 is 0 Å². The molecular weight excluding hydrogens is 234 g/mol. The van der Waals surface area contributed by atoms with E-state index < -0.39 is 0 Å². The highest BCUT2D eigenvalue weighted by Crippen LogP contribution is 2.36. The maximum atomic E-state index is 11.8. The lowest BCUT2D eigenvalue weighted by Gasteiger charge is -2.21. The molecule has 0 unspecified atom stereocenters. The molecule has 92 valence electrons. The summed E-state index contributed by atoms with van der Waals surface area (Å²) < 4.78 is 12.5. The molecule has 2 aromatic rings.